The van der Waals surface area contributed by atoms with Crippen molar-refractivity contribution in [2.45, 2.75) is 116 Å². The van der Waals surface area contributed by atoms with Gasteiger partial charge in [0.25, 0.3) is 0 Å². The van der Waals surface area contributed by atoms with Crippen LogP contribution in [0, 0.1) is 5.92 Å². The highest BCUT2D eigenvalue weighted by Crippen LogP contribution is 2.40. The Morgan fingerprint density at radius 3 is 2.00 bits per heavy atom. The van der Waals surface area contributed by atoms with E-state index in [-0.39, 0.29) is 37.6 Å². The second kappa shape index (κ2) is 24.4. The SMILES string of the molecule is C=C(CO)C(=O)OCCOC1=CC=C(c2ccc(C3CCC(CCCCc4ccc(OCCOC(=O)C(=C)CO)cc4)CC3)c(CCCCCCC)c2)CC1. The molecule has 2 aliphatic carbocycles. The summed E-state index contributed by atoms with van der Waals surface area (Å²) in [5.41, 5.74) is 7.17. The van der Waals surface area contributed by atoms with Crippen molar-refractivity contribution in [1.82, 2.24) is 0 Å². The molecule has 0 radical (unpaired) electrons. The number of benzene rings is 2. The van der Waals surface area contributed by atoms with Gasteiger partial charge in [0.05, 0.1) is 30.1 Å². The van der Waals surface area contributed by atoms with Gasteiger partial charge in [0.2, 0.25) is 0 Å². The van der Waals surface area contributed by atoms with E-state index in [4.69, 9.17) is 29.2 Å². The van der Waals surface area contributed by atoms with Gasteiger partial charge in [-0.05, 0) is 116 Å². The molecule has 0 amide bonds. The van der Waals surface area contributed by atoms with Crippen LogP contribution >= 0.6 is 0 Å². The molecule has 1 saturated carbocycles. The molecule has 0 aromatic heterocycles. The lowest BCUT2D eigenvalue weighted by Crippen LogP contribution is -2.15. The fourth-order valence-corrected chi connectivity index (χ4v) is 7.53. The molecule has 0 heterocycles. The first-order chi connectivity index (χ1) is 26.8. The Labute approximate surface area is 329 Å². The zero-order valence-corrected chi connectivity index (χ0v) is 33.2. The van der Waals surface area contributed by atoms with Crippen molar-refractivity contribution in [3.05, 3.63) is 107 Å². The van der Waals surface area contributed by atoms with Crippen molar-refractivity contribution in [1.29, 1.82) is 0 Å². The molecular formula is C47H64O8. The maximum absolute atomic E-state index is 11.7. The van der Waals surface area contributed by atoms with Gasteiger partial charge in [-0.1, -0.05) is 95.0 Å². The Bertz CT molecular complexity index is 1580. The highest BCUT2D eigenvalue weighted by Gasteiger charge is 2.24. The lowest BCUT2D eigenvalue weighted by Gasteiger charge is -2.30. The number of rotatable bonds is 25. The van der Waals surface area contributed by atoms with Gasteiger partial charge >= 0.3 is 11.9 Å². The molecule has 0 atom stereocenters. The molecule has 0 unspecified atom stereocenters. The molecule has 2 aliphatic rings. The van der Waals surface area contributed by atoms with E-state index < -0.39 is 25.2 Å². The average molecular weight is 757 g/mol. The molecule has 4 rings (SSSR count). The van der Waals surface area contributed by atoms with Gasteiger partial charge in [0, 0.05) is 6.42 Å². The molecule has 0 bridgehead atoms. The number of aliphatic hydroxyl groups is 2. The number of hydrogen-bond donors (Lipinski definition) is 2. The molecule has 8 heteroatoms. The van der Waals surface area contributed by atoms with Gasteiger partial charge in [-0.3, -0.25) is 0 Å². The molecule has 2 aromatic carbocycles. The summed E-state index contributed by atoms with van der Waals surface area (Å²) < 4.78 is 21.6. The summed E-state index contributed by atoms with van der Waals surface area (Å²) in [6.07, 6.45) is 23.5. The number of unbranched alkanes of at least 4 members (excludes halogenated alkanes) is 5. The van der Waals surface area contributed by atoms with Gasteiger partial charge in [0.15, 0.2) is 0 Å². The molecule has 8 nitrogen and oxygen atoms in total. The monoisotopic (exact) mass is 756 g/mol. The fourth-order valence-electron chi connectivity index (χ4n) is 7.53. The summed E-state index contributed by atoms with van der Waals surface area (Å²) in [6, 6.07) is 15.4. The van der Waals surface area contributed by atoms with Gasteiger partial charge in [-0.2, -0.15) is 0 Å². The quantitative estimate of drug-likeness (QED) is 0.0586. The van der Waals surface area contributed by atoms with E-state index in [1.54, 1.807) is 11.1 Å². The predicted molar refractivity (Wildman–Crippen MR) is 219 cm³/mol. The van der Waals surface area contributed by atoms with E-state index in [0.29, 0.717) is 5.92 Å². The fraction of sp³-hybridized carbons (Fsp3) is 0.532. The Morgan fingerprint density at radius 1 is 0.709 bits per heavy atom. The van der Waals surface area contributed by atoms with Crippen LogP contribution in [0.1, 0.15) is 125 Å². The number of carbonyl (C=O) groups is 2. The van der Waals surface area contributed by atoms with E-state index in [2.05, 4.69) is 56.5 Å². The lowest BCUT2D eigenvalue weighted by atomic mass is 9.75. The van der Waals surface area contributed by atoms with Gasteiger partial charge in [-0.25, -0.2) is 9.59 Å². The number of hydrogen-bond acceptors (Lipinski definition) is 8. The van der Waals surface area contributed by atoms with E-state index in [1.807, 2.05) is 18.2 Å². The predicted octanol–water partition coefficient (Wildman–Crippen LogP) is 9.53. The van der Waals surface area contributed by atoms with E-state index in [0.717, 1.165) is 43.1 Å². The molecular weight excluding hydrogens is 693 g/mol. The summed E-state index contributed by atoms with van der Waals surface area (Å²) in [4.78, 5) is 23.2. The number of aliphatic hydroxyl groups excluding tert-OH is 2. The molecule has 1 fully saturated rings. The van der Waals surface area contributed by atoms with Crippen molar-refractivity contribution in [2.75, 3.05) is 39.6 Å². The van der Waals surface area contributed by atoms with Crippen LogP contribution in [-0.4, -0.2) is 61.8 Å². The highest BCUT2D eigenvalue weighted by atomic mass is 16.6. The van der Waals surface area contributed by atoms with Crippen LogP contribution in [0.4, 0.5) is 0 Å². The van der Waals surface area contributed by atoms with E-state index >= 15 is 0 Å². The van der Waals surface area contributed by atoms with E-state index in [1.165, 1.54) is 93.7 Å². The van der Waals surface area contributed by atoms with Gasteiger partial charge in [0.1, 0.15) is 32.2 Å². The Kier molecular flexibility index (Phi) is 19.3. The Balaban J connectivity index is 1.21. The van der Waals surface area contributed by atoms with Crippen LogP contribution < -0.4 is 4.74 Å². The minimum atomic E-state index is -0.600. The van der Waals surface area contributed by atoms with Crippen molar-refractivity contribution in [3.63, 3.8) is 0 Å². The Morgan fingerprint density at radius 2 is 1.36 bits per heavy atom. The number of aryl methyl sites for hydroxylation is 2. The summed E-state index contributed by atoms with van der Waals surface area (Å²) in [6.45, 7) is 9.16. The zero-order chi connectivity index (χ0) is 39.3. The standard InChI is InChI=1S/C47H64O8/c1-4-5-6-7-8-13-42-32-41(39-20-25-44(26-21-39)53-29-31-55-47(51)36(3)34-49)22-27-45(42)40-18-14-37(15-19-40)11-9-10-12-38-16-23-43(24-17-38)52-28-30-54-46(50)35(2)33-48/h16-17,20,22-25,27,32,37,40,48-49H,2-15,18-19,21,26,28-31,33-34H2,1H3. The van der Waals surface area contributed by atoms with E-state index in [9.17, 15) is 9.59 Å². The summed E-state index contributed by atoms with van der Waals surface area (Å²) in [7, 11) is 0. The normalized spacial score (nSPS) is 16.8. The third kappa shape index (κ3) is 15.1. The summed E-state index contributed by atoms with van der Waals surface area (Å²) >= 11 is 0. The van der Waals surface area contributed by atoms with Crippen molar-refractivity contribution in [3.8, 4) is 5.75 Å². The lowest BCUT2D eigenvalue weighted by molar-refractivity contribution is -0.141. The number of allylic oxidation sites excluding steroid dienone is 4. The molecule has 300 valence electrons. The van der Waals surface area contributed by atoms with Crippen LogP contribution in [0.25, 0.3) is 5.57 Å². The number of carbonyl (C=O) groups excluding carboxylic acids is 2. The molecule has 0 saturated heterocycles. The van der Waals surface area contributed by atoms with Crippen LogP contribution in [0.3, 0.4) is 0 Å². The molecule has 55 heavy (non-hydrogen) atoms. The minimum absolute atomic E-state index is 0.0384. The minimum Gasteiger partial charge on any atom is -0.494 e. The van der Waals surface area contributed by atoms with Crippen molar-refractivity contribution >= 4 is 17.5 Å². The number of esters is 2. The second-order valence-corrected chi connectivity index (χ2v) is 15.0. The van der Waals surface area contributed by atoms with Crippen LogP contribution in [-0.2, 0) is 36.6 Å². The number of ether oxygens (including phenoxy) is 4. The molecule has 2 N–H and O–H groups in total. The first-order valence-electron chi connectivity index (χ1n) is 20.6. The van der Waals surface area contributed by atoms with Gasteiger partial charge < -0.3 is 29.2 Å². The van der Waals surface area contributed by atoms with Gasteiger partial charge in [-0.15, -0.1) is 0 Å². The zero-order valence-electron chi connectivity index (χ0n) is 33.2. The molecule has 2 aromatic rings. The molecule has 0 aliphatic heterocycles. The average Bonchev–Trinajstić information content (AvgIpc) is 3.22. The van der Waals surface area contributed by atoms with Crippen molar-refractivity contribution in [2.24, 2.45) is 5.92 Å². The van der Waals surface area contributed by atoms with Crippen LogP contribution in [0.15, 0.2) is 84.7 Å². The third-order valence-electron chi connectivity index (χ3n) is 10.9. The third-order valence-corrected chi connectivity index (χ3v) is 10.9. The smallest absolute Gasteiger partial charge is 0.335 e. The first-order valence-corrected chi connectivity index (χ1v) is 20.6. The van der Waals surface area contributed by atoms with Crippen LogP contribution in [0.5, 0.6) is 5.75 Å². The first kappa shape index (κ1) is 43.6. The Hall–Kier alpha value is -4.14. The van der Waals surface area contributed by atoms with Crippen LogP contribution in [0.2, 0.25) is 0 Å². The maximum Gasteiger partial charge on any atom is 0.335 e. The summed E-state index contributed by atoms with van der Waals surface area (Å²) in [5.74, 6) is 1.91. The second-order valence-electron chi connectivity index (χ2n) is 15.0. The maximum atomic E-state index is 11.7. The van der Waals surface area contributed by atoms with Crippen molar-refractivity contribution < 1.29 is 38.7 Å². The largest absolute Gasteiger partial charge is 0.494 e. The molecule has 0 spiro atoms. The summed E-state index contributed by atoms with van der Waals surface area (Å²) in [5, 5.41) is 17.9. The highest BCUT2D eigenvalue weighted by molar-refractivity contribution is 5.88. The topological polar surface area (TPSA) is 112 Å².